The summed E-state index contributed by atoms with van der Waals surface area (Å²) >= 11 is 0. The molecule has 0 bridgehead atoms. The largest absolute Gasteiger partial charge is 0.507 e. The number of aryl methyl sites for hydroxylation is 1. The Labute approximate surface area is 139 Å². The summed E-state index contributed by atoms with van der Waals surface area (Å²) in [5, 5.41) is 9.77. The highest BCUT2D eigenvalue weighted by Gasteiger charge is 2.15. The van der Waals surface area contributed by atoms with E-state index in [9.17, 15) is 14.7 Å². The number of hydrogen-bond acceptors (Lipinski definition) is 6. The SMILES string of the molecule is COCc1cc(C=CC(=O)c2c(O)cc(C)oc2=O)ccc1OC. The average molecular weight is 330 g/mol. The van der Waals surface area contributed by atoms with Crippen molar-refractivity contribution < 1.29 is 23.8 Å². The van der Waals surface area contributed by atoms with Gasteiger partial charge in [0.25, 0.3) is 0 Å². The summed E-state index contributed by atoms with van der Waals surface area (Å²) in [7, 11) is 3.14. The highest BCUT2D eigenvalue weighted by molar-refractivity contribution is 6.08. The molecule has 1 aromatic heterocycles. The first-order valence-electron chi connectivity index (χ1n) is 7.18. The standard InChI is InChI=1S/C18H18O6/c1-11-8-15(20)17(18(21)24-11)14(19)6-4-12-5-7-16(23-3)13(9-12)10-22-2/h4-9,20H,10H2,1-3H3. The molecule has 0 aliphatic carbocycles. The molecule has 0 aliphatic rings. The van der Waals surface area contributed by atoms with E-state index in [1.165, 1.54) is 19.1 Å². The Morgan fingerprint density at radius 2 is 2.04 bits per heavy atom. The second-order valence-electron chi connectivity index (χ2n) is 5.11. The lowest BCUT2D eigenvalue weighted by Gasteiger charge is -2.08. The molecule has 0 radical (unpaired) electrons. The molecule has 24 heavy (non-hydrogen) atoms. The first-order chi connectivity index (χ1) is 11.5. The van der Waals surface area contributed by atoms with Crippen LogP contribution in [0.15, 0.2) is 39.6 Å². The van der Waals surface area contributed by atoms with Crippen LogP contribution in [0.25, 0.3) is 6.08 Å². The van der Waals surface area contributed by atoms with Gasteiger partial charge in [-0.3, -0.25) is 4.79 Å². The summed E-state index contributed by atoms with van der Waals surface area (Å²) < 4.78 is 15.2. The Morgan fingerprint density at radius 3 is 2.67 bits per heavy atom. The van der Waals surface area contributed by atoms with Gasteiger partial charge >= 0.3 is 5.63 Å². The van der Waals surface area contributed by atoms with Crippen LogP contribution in [-0.2, 0) is 11.3 Å². The third-order valence-electron chi connectivity index (χ3n) is 3.33. The van der Waals surface area contributed by atoms with E-state index < -0.39 is 17.2 Å². The van der Waals surface area contributed by atoms with Gasteiger partial charge in [0.1, 0.15) is 22.8 Å². The van der Waals surface area contributed by atoms with Crippen LogP contribution in [0.2, 0.25) is 0 Å². The van der Waals surface area contributed by atoms with E-state index in [0.29, 0.717) is 12.4 Å². The molecule has 2 aromatic rings. The fourth-order valence-corrected chi connectivity index (χ4v) is 2.25. The molecule has 0 amide bonds. The van der Waals surface area contributed by atoms with Crippen LogP contribution in [-0.4, -0.2) is 25.1 Å². The Bertz CT molecular complexity index is 832. The van der Waals surface area contributed by atoms with E-state index in [0.717, 1.165) is 11.1 Å². The minimum atomic E-state index is -0.864. The molecule has 1 N–H and O–H groups in total. The Balaban J connectivity index is 2.29. The fraction of sp³-hybridized carbons (Fsp3) is 0.222. The Morgan fingerprint density at radius 1 is 1.29 bits per heavy atom. The van der Waals surface area contributed by atoms with E-state index in [4.69, 9.17) is 13.9 Å². The van der Waals surface area contributed by atoms with Gasteiger partial charge in [-0.25, -0.2) is 4.79 Å². The van der Waals surface area contributed by atoms with Crippen molar-refractivity contribution in [1.82, 2.24) is 0 Å². The highest BCUT2D eigenvalue weighted by Crippen LogP contribution is 2.22. The summed E-state index contributed by atoms with van der Waals surface area (Å²) in [5.74, 6) is -0.117. The smallest absolute Gasteiger partial charge is 0.351 e. The van der Waals surface area contributed by atoms with Crippen molar-refractivity contribution in [3.8, 4) is 11.5 Å². The lowest BCUT2D eigenvalue weighted by Crippen LogP contribution is -2.12. The molecule has 2 rings (SSSR count). The van der Waals surface area contributed by atoms with Crippen molar-refractivity contribution in [2.24, 2.45) is 0 Å². The zero-order valence-electron chi connectivity index (χ0n) is 13.7. The predicted octanol–water partition coefficient (Wildman–Crippen LogP) is 2.70. The number of carbonyl (C=O) groups excluding carboxylic acids is 1. The molecular formula is C18H18O6. The molecule has 0 fully saturated rings. The van der Waals surface area contributed by atoms with Crippen molar-refractivity contribution in [1.29, 1.82) is 0 Å². The summed E-state index contributed by atoms with van der Waals surface area (Å²) in [4.78, 5) is 23.9. The monoisotopic (exact) mass is 330 g/mol. The third-order valence-corrected chi connectivity index (χ3v) is 3.33. The quantitative estimate of drug-likeness (QED) is 0.647. The number of ether oxygens (including phenoxy) is 2. The van der Waals surface area contributed by atoms with Gasteiger partial charge in [-0.1, -0.05) is 12.1 Å². The molecule has 0 unspecified atom stereocenters. The molecule has 6 heteroatoms. The first kappa shape index (κ1) is 17.5. The van der Waals surface area contributed by atoms with Crippen molar-refractivity contribution in [3.05, 3.63) is 63.2 Å². The van der Waals surface area contributed by atoms with Gasteiger partial charge in [-0.15, -0.1) is 0 Å². The number of benzene rings is 1. The molecule has 0 saturated carbocycles. The molecule has 0 spiro atoms. The number of rotatable bonds is 6. The molecule has 1 aromatic carbocycles. The van der Waals surface area contributed by atoms with Crippen LogP contribution < -0.4 is 10.4 Å². The third kappa shape index (κ3) is 3.91. The number of aromatic hydroxyl groups is 1. The number of allylic oxidation sites excluding steroid dienone is 1. The number of carbonyl (C=O) groups is 1. The van der Waals surface area contributed by atoms with Crippen molar-refractivity contribution in [3.63, 3.8) is 0 Å². The van der Waals surface area contributed by atoms with Gasteiger partial charge < -0.3 is 19.0 Å². The van der Waals surface area contributed by atoms with Crippen LogP contribution in [0.1, 0.15) is 27.2 Å². The molecule has 0 aliphatic heterocycles. The maximum Gasteiger partial charge on any atom is 0.351 e. The number of ketones is 1. The van der Waals surface area contributed by atoms with Gasteiger partial charge in [0, 0.05) is 18.7 Å². The minimum absolute atomic E-state index is 0.234. The molecule has 0 atom stereocenters. The van der Waals surface area contributed by atoms with Crippen LogP contribution >= 0.6 is 0 Å². The topological polar surface area (TPSA) is 86.0 Å². The van der Waals surface area contributed by atoms with Gasteiger partial charge in [0.05, 0.1) is 13.7 Å². The van der Waals surface area contributed by atoms with E-state index in [-0.39, 0.29) is 11.3 Å². The predicted molar refractivity (Wildman–Crippen MR) is 88.5 cm³/mol. The molecular weight excluding hydrogens is 312 g/mol. The molecule has 6 nitrogen and oxygen atoms in total. The highest BCUT2D eigenvalue weighted by atomic mass is 16.5. The van der Waals surface area contributed by atoms with E-state index in [1.807, 2.05) is 6.07 Å². The van der Waals surface area contributed by atoms with Crippen LogP contribution in [0.4, 0.5) is 0 Å². The van der Waals surface area contributed by atoms with Crippen LogP contribution in [0, 0.1) is 6.92 Å². The zero-order chi connectivity index (χ0) is 17.7. The van der Waals surface area contributed by atoms with Gasteiger partial charge in [0.15, 0.2) is 5.78 Å². The lowest BCUT2D eigenvalue weighted by molar-refractivity contribution is 0.104. The molecule has 0 saturated heterocycles. The maximum atomic E-state index is 12.1. The Hall–Kier alpha value is -2.86. The molecule has 1 heterocycles. The normalized spacial score (nSPS) is 11.0. The van der Waals surface area contributed by atoms with Crippen molar-refractivity contribution in [2.45, 2.75) is 13.5 Å². The number of methoxy groups -OCH3 is 2. The Kier molecular flexibility index (Phi) is 5.55. The second kappa shape index (κ2) is 7.61. The number of hydrogen-bond donors (Lipinski definition) is 1. The summed E-state index contributed by atoms with van der Waals surface area (Å²) in [6.07, 6.45) is 2.75. The lowest BCUT2D eigenvalue weighted by atomic mass is 10.1. The van der Waals surface area contributed by atoms with E-state index in [1.54, 1.807) is 32.4 Å². The van der Waals surface area contributed by atoms with E-state index in [2.05, 4.69) is 0 Å². The summed E-state index contributed by atoms with van der Waals surface area (Å²) in [6.45, 7) is 1.88. The second-order valence-corrected chi connectivity index (χ2v) is 5.11. The van der Waals surface area contributed by atoms with E-state index >= 15 is 0 Å². The minimum Gasteiger partial charge on any atom is -0.507 e. The van der Waals surface area contributed by atoms with Gasteiger partial charge in [-0.05, 0) is 30.7 Å². The summed E-state index contributed by atoms with van der Waals surface area (Å²) in [5.41, 5.74) is 0.305. The van der Waals surface area contributed by atoms with Crippen LogP contribution in [0.5, 0.6) is 11.5 Å². The fourth-order valence-electron chi connectivity index (χ4n) is 2.25. The maximum absolute atomic E-state index is 12.1. The zero-order valence-corrected chi connectivity index (χ0v) is 13.7. The van der Waals surface area contributed by atoms with Crippen molar-refractivity contribution >= 4 is 11.9 Å². The van der Waals surface area contributed by atoms with Gasteiger partial charge in [0.2, 0.25) is 0 Å². The summed E-state index contributed by atoms with van der Waals surface area (Å²) in [6, 6.07) is 6.56. The van der Waals surface area contributed by atoms with Crippen LogP contribution in [0.3, 0.4) is 0 Å². The average Bonchev–Trinajstić information content (AvgIpc) is 2.52. The molecule has 126 valence electrons. The van der Waals surface area contributed by atoms with Gasteiger partial charge in [-0.2, -0.15) is 0 Å². The first-order valence-corrected chi connectivity index (χ1v) is 7.18. The van der Waals surface area contributed by atoms with Crippen molar-refractivity contribution in [2.75, 3.05) is 14.2 Å².